The maximum Gasteiger partial charge on any atom is 0.363 e. The van der Waals surface area contributed by atoms with Gasteiger partial charge in [0.05, 0.1) is 12.9 Å². The molecule has 1 fully saturated rings. The van der Waals surface area contributed by atoms with Crippen LogP contribution in [0, 0.1) is 6.92 Å². The molecule has 0 saturated heterocycles. The lowest BCUT2D eigenvalue weighted by atomic mass is 10.3. The molecule has 1 heterocycles. The molecule has 2 rings (SSSR count). The molecule has 6 nitrogen and oxygen atoms in total. The van der Waals surface area contributed by atoms with Gasteiger partial charge in [-0.3, -0.25) is 0 Å². The van der Waals surface area contributed by atoms with Gasteiger partial charge in [0.2, 0.25) is 5.88 Å². The summed E-state index contributed by atoms with van der Waals surface area (Å²) in [5.41, 5.74) is 0.872. The Balaban J connectivity index is 2.21. The average Bonchev–Trinajstić information content (AvgIpc) is 3.20. The monoisotopic (exact) mass is 328 g/mol. The van der Waals surface area contributed by atoms with Gasteiger partial charge in [0.15, 0.2) is 0 Å². The predicted octanol–water partition coefficient (Wildman–Crippen LogP) is 2.89. The molecule has 1 saturated carbocycles. The first-order valence-electron chi connectivity index (χ1n) is 6.94. The van der Waals surface area contributed by atoms with E-state index in [-0.39, 0.29) is 0 Å². The molecule has 1 aliphatic carbocycles. The van der Waals surface area contributed by atoms with Gasteiger partial charge in [0.1, 0.15) is 5.82 Å². The Hall–Kier alpha value is -1.04. The van der Waals surface area contributed by atoms with Crippen molar-refractivity contribution in [1.29, 1.82) is 0 Å². The summed E-state index contributed by atoms with van der Waals surface area (Å²) in [6.45, 7) is 1.47. The van der Waals surface area contributed by atoms with Crippen LogP contribution in [-0.2, 0) is 16.3 Å². The van der Waals surface area contributed by atoms with Gasteiger partial charge in [-0.2, -0.15) is 9.75 Å². The first-order valence-corrected chi connectivity index (χ1v) is 9.53. The summed E-state index contributed by atoms with van der Waals surface area (Å²) in [6.07, 6.45) is 3.90. The van der Waals surface area contributed by atoms with Crippen molar-refractivity contribution >= 4 is 24.8 Å². The molecule has 0 aliphatic heterocycles. The SMILES string of the molecule is CCOP(=S)(N=CN(C)C)Oc1cc(C)nc(C2CC2)n1. The zero-order valence-electron chi connectivity index (χ0n) is 12.8. The van der Waals surface area contributed by atoms with Crippen molar-refractivity contribution < 1.29 is 9.05 Å². The summed E-state index contributed by atoms with van der Waals surface area (Å²) >= 11 is 5.45. The Labute approximate surface area is 130 Å². The van der Waals surface area contributed by atoms with Crippen molar-refractivity contribution in [1.82, 2.24) is 14.9 Å². The van der Waals surface area contributed by atoms with Gasteiger partial charge in [-0.1, -0.05) is 0 Å². The number of rotatable bonds is 7. The third-order valence-electron chi connectivity index (χ3n) is 2.72. The van der Waals surface area contributed by atoms with E-state index in [0.717, 1.165) is 24.4 Å². The van der Waals surface area contributed by atoms with Gasteiger partial charge in [-0.15, -0.1) is 0 Å². The topological polar surface area (TPSA) is 59.8 Å². The Morgan fingerprint density at radius 2 is 2.19 bits per heavy atom. The average molecular weight is 328 g/mol. The van der Waals surface area contributed by atoms with Gasteiger partial charge in [0, 0.05) is 43.6 Å². The molecule has 0 spiro atoms. The van der Waals surface area contributed by atoms with Crippen molar-refractivity contribution in [3.8, 4) is 5.88 Å². The molecule has 0 aromatic carbocycles. The van der Waals surface area contributed by atoms with Gasteiger partial charge < -0.3 is 13.9 Å². The first kappa shape index (κ1) is 16.3. The summed E-state index contributed by atoms with van der Waals surface area (Å²) in [5.74, 6) is 1.75. The molecule has 1 aromatic heterocycles. The molecule has 0 bridgehead atoms. The molecular formula is C13H21N4O2PS. The molecule has 1 aromatic rings. The van der Waals surface area contributed by atoms with Crippen LogP contribution < -0.4 is 4.52 Å². The quantitative estimate of drug-likeness (QED) is 0.436. The van der Waals surface area contributed by atoms with Crippen molar-refractivity contribution in [3.05, 3.63) is 17.6 Å². The molecule has 1 atom stereocenters. The van der Waals surface area contributed by atoms with Crippen LogP contribution in [0.15, 0.2) is 10.8 Å². The van der Waals surface area contributed by atoms with Crippen LogP contribution in [0.3, 0.4) is 0 Å². The van der Waals surface area contributed by atoms with Crippen LogP contribution in [0.1, 0.15) is 37.2 Å². The fourth-order valence-electron chi connectivity index (χ4n) is 1.66. The number of hydrogen-bond acceptors (Lipinski definition) is 5. The fourth-order valence-corrected chi connectivity index (χ4v) is 3.49. The Bertz CT molecular complexity index is 575. The molecule has 1 aliphatic rings. The standard InChI is InChI=1S/C13H21N4O2PS/c1-5-18-20(21,14-9-17(3)4)19-12-8-10(2)15-13(16-12)11-6-7-11/h8-9,11H,5-7H2,1-4H3. The maximum atomic E-state index is 5.82. The van der Waals surface area contributed by atoms with E-state index < -0.39 is 6.64 Å². The van der Waals surface area contributed by atoms with Gasteiger partial charge in [-0.25, -0.2) is 4.98 Å². The zero-order chi connectivity index (χ0) is 15.5. The number of hydrogen-bond donors (Lipinski definition) is 0. The Morgan fingerprint density at radius 1 is 1.48 bits per heavy atom. The summed E-state index contributed by atoms with van der Waals surface area (Å²) in [4.78, 5) is 10.7. The van der Waals surface area contributed by atoms with Gasteiger partial charge in [-0.05, 0) is 26.7 Å². The van der Waals surface area contributed by atoms with E-state index in [1.807, 2.05) is 27.9 Å². The van der Waals surface area contributed by atoms with E-state index in [1.54, 1.807) is 17.3 Å². The highest BCUT2D eigenvalue weighted by atomic mass is 32.5. The predicted molar refractivity (Wildman–Crippen MR) is 87.5 cm³/mol. The summed E-state index contributed by atoms with van der Waals surface area (Å²) in [5, 5.41) is 0. The summed E-state index contributed by atoms with van der Waals surface area (Å²) in [6, 6.07) is 1.77. The molecule has 1 unspecified atom stereocenters. The second-order valence-corrected chi connectivity index (χ2v) is 8.15. The van der Waals surface area contributed by atoms with Crippen molar-refractivity contribution in [2.24, 2.45) is 4.76 Å². The lowest BCUT2D eigenvalue weighted by Crippen LogP contribution is -2.09. The third kappa shape index (κ3) is 5.02. The third-order valence-corrected chi connectivity index (χ3v) is 4.93. The van der Waals surface area contributed by atoms with Crippen molar-refractivity contribution in [2.75, 3.05) is 20.7 Å². The molecule has 0 N–H and O–H groups in total. The minimum atomic E-state index is -2.77. The number of nitrogens with zero attached hydrogens (tertiary/aromatic N) is 4. The summed E-state index contributed by atoms with van der Waals surface area (Å²) in [7, 11) is 3.74. The summed E-state index contributed by atoms with van der Waals surface area (Å²) < 4.78 is 15.7. The lowest BCUT2D eigenvalue weighted by Gasteiger charge is -2.18. The minimum absolute atomic E-state index is 0.446. The largest absolute Gasteiger partial charge is 0.409 e. The number of aryl methyl sites for hydroxylation is 1. The fraction of sp³-hybridized carbons (Fsp3) is 0.615. The van der Waals surface area contributed by atoms with E-state index in [4.69, 9.17) is 20.9 Å². The van der Waals surface area contributed by atoms with E-state index in [9.17, 15) is 0 Å². The van der Waals surface area contributed by atoms with Crippen LogP contribution in [0.2, 0.25) is 0 Å². The van der Waals surface area contributed by atoms with E-state index >= 15 is 0 Å². The highest BCUT2D eigenvalue weighted by molar-refractivity contribution is 8.09. The van der Waals surface area contributed by atoms with Crippen molar-refractivity contribution in [2.45, 2.75) is 32.6 Å². The van der Waals surface area contributed by atoms with Gasteiger partial charge in [0.25, 0.3) is 0 Å². The van der Waals surface area contributed by atoms with Crippen LogP contribution in [0.25, 0.3) is 0 Å². The van der Waals surface area contributed by atoms with E-state index in [1.165, 1.54) is 0 Å². The van der Waals surface area contributed by atoms with E-state index in [2.05, 4.69) is 14.7 Å². The normalized spacial score (nSPS) is 17.7. The van der Waals surface area contributed by atoms with E-state index in [0.29, 0.717) is 18.4 Å². The Kier molecular flexibility index (Phi) is 5.30. The molecule has 21 heavy (non-hydrogen) atoms. The van der Waals surface area contributed by atoms with Crippen LogP contribution in [0.4, 0.5) is 0 Å². The van der Waals surface area contributed by atoms with Crippen LogP contribution in [0.5, 0.6) is 5.88 Å². The van der Waals surface area contributed by atoms with Crippen LogP contribution in [-0.4, -0.2) is 41.9 Å². The zero-order valence-corrected chi connectivity index (χ0v) is 14.5. The highest BCUT2D eigenvalue weighted by Crippen LogP contribution is 2.50. The smallest absolute Gasteiger partial charge is 0.363 e. The Morgan fingerprint density at radius 3 is 2.76 bits per heavy atom. The second kappa shape index (κ2) is 6.81. The molecule has 8 heteroatoms. The van der Waals surface area contributed by atoms with Crippen LogP contribution >= 0.6 is 6.64 Å². The molecular weight excluding hydrogens is 307 g/mol. The molecule has 0 radical (unpaired) electrons. The number of aromatic nitrogens is 2. The highest BCUT2D eigenvalue weighted by Gasteiger charge is 2.28. The first-order chi connectivity index (χ1) is 9.92. The maximum absolute atomic E-state index is 5.82. The minimum Gasteiger partial charge on any atom is -0.409 e. The molecule has 0 amide bonds. The van der Waals surface area contributed by atoms with Gasteiger partial charge >= 0.3 is 6.64 Å². The lowest BCUT2D eigenvalue weighted by molar-refractivity contribution is 0.328. The second-order valence-electron chi connectivity index (χ2n) is 5.15. The molecule has 116 valence electrons. The van der Waals surface area contributed by atoms with Crippen molar-refractivity contribution in [3.63, 3.8) is 0 Å².